The summed E-state index contributed by atoms with van der Waals surface area (Å²) in [5.74, 6) is 0. The van der Waals surface area contributed by atoms with E-state index in [1.165, 1.54) is 11.1 Å². The number of rotatable bonds is 5. The summed E-state index contributed by atoms with van der Waals surface area (Å²) in [6.45, 7) is 5.11. The number of likely N-dealkylation sites (N-methyl/N-ethyl adjacent to an activating group) is 1. The molecule has 0 spiro atoms. The maximum Gasteiger partial charge on any atom is 0.0438 e. The molecule has 1 N–H and O–H groups in total. The van der Waals surface area contributed by atoms with Gasteiger partial charge in [0.25, 0.3) is 0 Å². The van der Waals surface area contributed by atoms with Crippen molar-refractivity contribution in [3.8, 4) is 0 Å². The van der Waals surface area contributed by atoms with E-state index in [2.05, 4.69) is 37.4 Å². The lowest BCUT2D eigenvalue weighted by atomic mass is 9.95. The first-order valence-corrected chi connectivity index (χ1v) is 7.60. The molecular formula is C17H19Cl2N. The van der Waals surface area contributed by atoms with Gasteiger partial charge in [-0.25, -0.2) is 0 Å². The van der Waals surface area contributed by atoms with Crippen LogP contribution in [0.25, 0.3) is 0 Å². The Bertz CT molecular complexity index is 564. The first-order chi connectivity index (χ1) is 9.61. The Morgan fingerprint density at radius 1 is 1.05 bits per heavy atom. The van der Waals surface area contributed by atoms with Crippen LogP contribution < -0.4 is 5.32 Å². The molecule has 0 aliphatic rings. The summed E-state index contributed by atoms with van der Waals surface area (Å²) in [6.07, 6.45) is 0.923. The molecule has 1 nitrogen and oxygen atoms in total. The normalized spacial score (nSPS) is 12.4. The quantitative estimate of drug-likeness (QED) is 0.801. The van der Waals surface area contributed by atoms with E-state index in [4.69, 9.17) is 23.2 Å². The average molecular weight is 308 g/mol. The fraction of sp³-hybridized carbons (Fsp3) is 0.294. The number of hydrogen-bond acceptors (Lipinski definition) is 1. The standard InChI is InChI=1S/C17H19Cl2N/c1-3-20-17(11-13-7-9-14(18)10-8-13)15-5-4-6-16(19)12(15)2/h4-10,17,20H,3,11H2,1-2H3. The molecule has 0 aromatic heterocycles. The molecule has 0 amide bonds. The van der Waals surface area contributed by atoms with Crippen LogP contribution in [0.1, 0.15) is 29.7 Å². The van der Waals surface area contributed by atoms with Crippen molar-refractivity contribution in [2.45, 2.75) is 26.3 Å². The van der Waals surface area contributed by atoms with Gasteiger partial charge < -0.3 is 5.32 Å². The van der Waals surface area contributed by atoms with E-state index in [1.807, 2.05) is 24.3 Å². The molecule has 0 heterocycles. The lowest BCUT2D eigenvalue weighted by molar-refractivity contribution is 0.547. The number of nitrogens with one attached hydrogen (secondary N) is 1. The monoisotopic (exact) mass is 307 g/mol. The SMILES string of the molecule is CCNC(Cc1ccc(Cl)cc1)c1cccc(Cl)c1C. The lowest BCUT2D eigenvalue weighted by Gasteiger charge is -2.21. The van der Waals surface area contributed by atoms with Crippen molar-refractivity contribution in [2.24, 2.45) is 0 Å². The van der Waals surface area contributed by atoms with Gasteiger partial charge in [-0.1, -0.05) is 54.4 Å². The third-order valence-electron chi connectivity index (χ3n) is 3.49. The topological polar surface area (TPSA) is 12.0 Å². The highest BCUT2D eigenvalue weighted by Gasteiger charge is 2.14. The van der Waals surface area contributed by atoms with Crippen LogP contribution >= 0.6 is 23.2 Å². The summed E-state index contributed by atoms with van der Waals surface area (Å²) in [5.41, 5.74) is 3.67. The van der Waals surface area contributed by atoms with Gasteiger partial charge >= 0.3 is 0 Å². The maximum atomic E-state index is 6.24. The maximum absolute atomic E-state index is 6.24. The molecule has 0 aliphatic carbocycles. The predicted molar refractivity (Wildman–Crippen MR) is 87.8 cm³/mol. The van der Waals surface area contributed by atoms with Gasteiger partial charge in [0.05, 0.1) is 0 Å². The van der Waals surface area contributed by atoms with Crippen molar-refractivity contribution in [3.05, 3.63) is 69.2 Å². The van der Waals surface area contributed by atoms with Crippen molar-refractivity contribution < 1.29 is 0 Å². The number of halogens is 2. The van der Waals surface area contributed by atoms with Gasteiger partial charge in [0.2, 0.25) is 0 Å². The molecule has 3 heteroatoms. The molecule has 2 aromatic rings. The van der Waals surface area contributed by atoms with Crippen LogP contribution in [-0.2, 0) is 6.42 Å². The Kier molecular flexibility index (Phi) is 5.47. The fourth-order valence-corrected chi connectivity index (χ4v) is 2.70. The summed E-state index contributed by atoms with van der Waals surface area (Å²) in [5, 5.41) is 5.13. The predicted octanol–water partition coefficient (Wildman–Crippen LogP) is 5.20. The van der Waals surface area contributed by atoms with E-state index < -0.39 is 0 Å². The van der Waals surface area contributed by atoms with E-state index in [1.54, 1.807) is 0 Å². The van der Waals surface area contributed by atoms with Crippen molar-refractivity contribution >= 4 is 23.2 Å². The summed E-state index contributed by atoms with van der Waals surface area (Å²) in [6, 6.07) is 14.4. The molecule has 0 saturated heterocycles. The van der Waals surface area contributed by atoms with Crippen LogP contribution in [0.2, 0.25) is 10.0 Å². The van der Waals surface area contributed by atoms with Crippen LogP contribution in [0.15, 0.2) is 42.5 Å². The summed E-state index contributed by atoms with van der Waals surface area (Å²) >= 11 is 12.2. The second-order valence-electron chi connectivity index (χ2n) is 4.89. The Morgan fingerprint density at radius 2 is 1.75 bits per heavy atom. The van der Waals surface area contributed by atoms with Crippen molar-refractivity contribution in [1.29, 1.82) is 0 Å². The Labute approximate surface area is 130 Å². The second-order valence-corrected chi connectivity index (χ2v) is 5.74. The summed E-state index contributed by atoms with van der Waals surface area (Å²) < 4.78 is 0. The second kappa shape index (κ2) is 7.12. The zero-order valence-electron chi connectivity index (χ0n) is 11.8. The van der Waals surface area contributed by atoms with Gasteiger partial charge in [-0.3, -0.25) is 0 Å². The van der Waals surface area contributed by atoms with Gasteiger partial charge in [-0.15, -0.1) is 0 Å². The van der Waals surface area contributed by atoms with Crippen LogP contribution in [0.3, 0.4) is 0 Å². The molecule has 106 valence electrons. The molecule has 0 bridgehead atoms. The average Bonchev–Trinajstić information content (AvgIpc) is 2.44. The minimum absolute atomic E-state index is 0.264. The first-order valence-electron chi connectivity index (χ1n) is 6.84. The molecule has 0 radical (unpaired) electrons. The molecule has 0 saturated carbocycles. The molecule has 0 fully saturated rings. The molecule has 20 heavy (non-hydrogen) atoms. The summed E-state index contributed by atoms with van der Waals surface area (Å²) in [7, 11) is 0. The minimum atomic E-state index is 0.264. The van der Waals surface area contributed by atoms with E-state index in [-0.39, 0.29) is 6.04 Å². The number of hydrogen-bond donors (Lipinski definition) is 1. The lowest BCUT2D eigenvalue weighted by Crippen LogP contribution is -2.23. The highest BCUT2D eigenvalue weighted by atomic mass is 35.5. The third-order valence-corrected chi connectivity index (χ3v) is 4.15. The fourth-order valence-electron chi connectivity index (χ4n) is 2.40. The number of benzene rings is 2. The minimum Gasteiger partial charge on any atom is -0.310 e. The van der Waals surface area contributed by atoms with Crippen molar-refractivity contribution in [3.63, 3.8) is 0 Å². The molecule has 1 atom stereocenters. The van der Waals surface area contributed by atoms with Gasteiger partial charge in [0, 0.05) is 16.1 Å². The zero-order valence-corrected chi connectivity index (χ0v) is 13.3. The first kappa shape index (κ1) is 15.4. The van der Waals surface area contributed by atoms with Crippen LogP contribution in [0.4, 0.5) is 0 Å². The van der Waals surface area contributed by atoms with Crippen molar-refractivity contribution in [1.82, 2.24) is 5.32 Å². The molecule has 2 aromatic carbocycles. The van der Waals surface area contributed by atoms with E-state index in [0.717, 1.165) is 28.6 Å². The molecule has 1 unspecified atom stereocenters. The third kappa shape index (κ3) is 3.76. The molecule has 2 rings (SSSR count). The van der Waals surface area contributed by atoms with E-state index >= 15 is 0 Å². The highest BCUT2D eigenvalue weighted by Crippen LogP contribution is 2.27. The van der Waals surface area contributed by atoms with Crippen LogP contribution in [0, 0.1) is 6.92 Å². The smallest absolute Gasteiger partial charge is 0.0438 e. The van der Waals surface area contributed by atoms with Gasteiger partial charge in [0.1, 0.15) is 0 Å². The Hall–Kier alpha value is -1.02. The Morgan fingerprint density at radius 3 is 2.40 bits per heavy atom. The van der Waals surface area contributed by atoms with Gasteiger partial charge in [-0.05, 0) is 54.8 Å². The van der Waals surface area contributed by atoms with Gasteiger partial charge in [0.15, 0.2) is 0 Å². The Balaban J connectivity index is 2.26. The molecule has 0 aliphatic heterocycles. The van der Waals surface area contributed by atoms with Crippen molar-refractivity contribution in [2.75, 3.05) is 6.54 Å². The van der Waals surface area contributed by atoms with Crippen LogP contribution in [-0.4, -0.2) is 6.54 Å². The van der Waals surface area contributed by atoms with Gasteiger partial charge in [-0.2, -0.15) is 0 Å². The van der Waals surface area contributed by atoms with Crippen LogP contribution in [0.5, 0.6) is 0 Å². The van der Waals surface area contributed by atoms with E-state index in [0.29, 0.717) is 0 Å². The van der Waals surface area contributed by atoms with E-state index in [9.17, 15) is 0 Å². The highest BCUT2D eigenvalue weighted by molar-refractivity contribution is 6.31. The zero-order chi connectivity index (χ0) is 14.5. The summed E-state index contributed by atoms with van der Waals surface area (Å²) in [4.78, 5) is 0. The largest absolute Gasteiger partial charge is 0.310 e. The molecular weight excluding hydrogens is 289 g/mol.